The van der Waals surface area contributed by atoms with E-state index in [-0.39, 0.29) is 24.0 Å². The molecule has 1 aromatic rings. The molecule has 170 valence electrons. The van der Waals surface area contributed by atoms with E-state index in [1.807, 2.05) is 11.8 Å². The fourth-order valence-electron chi connectivity index (χ4n) is 3.79. The number of likely N-dealkylation sites (tertiary alicyclic amines) is 1. The Balaban J connectivity index is 0.00000320. The minimum absolute atomic E-state index is 0. The topological polar surface area (TPSA) is 46.1 Å². The highest BCUT2D eigenvalue weighted by atomic mass is 127. The molecule has 0 aliphatic carbocycles. The van der Waals surface area contributed by atoms with Gasteiger partial charge in [-0.15, -0.1) is 35.7 Å². The van der Waals surface area contributed by atoms with Crippen LogP contribution < -0.4 is 5.32 Å². The van der Waals surface area contributed by atoms with Crippen molar-refractivity contribution >= 4 is 41.7 Å². The van der Waals surface area contributed by atoms with Crippen LogP contribution in [0.25, 0.3) is 0 Å². The predicted molar refractivity (Wildman–Crippen MR) is 137 cm³/mol. The summed E-state index contributed by atoms with van der Waals surface area (Å²) in [5, 5.41) is 3.46. The maximum atomic E-state index is 6.15. The molecule has 0 radical (unpaired) electrons. The van der Waals surface area contributed by atoms with Crippen LogP contribution in [0.5, 0.6) is 0 Å². The molecule has 5 nitrogen and oxygen atoms in total. The van der Waals surface area contributed by atoms with Crippen LogP contribution in [-0.2, 0) is 9.47 Å². The first kappa shape index (κ1) is 25.7. The van der Waals surface area contributed by atoms with E-state index in [2.05, 4.69) is 48.3 Å². The second-order valence-corrected chi connectivity index (χ2v) is 9.07. The third-order valence-electron chi connectivity index (χ3n) is 5.51. The summed E-state index contributed by atoms with van der Waals surface area (Å²) in [4.78, 5) is 8.57. The largest absolute Gasteiger partial charge is 0.376 e. The average molecular weight is 548 g/mol. The van der Waals surface area contributed by atoms with Gasteiger partial charge in [0.25, 0.3) is 0 Å². The molecule has 2 aliphatic heterocycles. The zero-order valence-corrected chi connectivity index (χ0v) is 21.6. The Hall–Kier alpha value is -0.510. The molecular weight excluding hydrogens is 509 g/mol. The number of aliphatic imine (C=N–C) groups is 1. The van der Waals surface area contributed by atoms with Gasteiger partial charge in [0.2, 0.25) is 0 Å². The Bertz CT molecular complexity index is 615. The molecule has 2 heterocycles. The number of thioether (sulfide) groups is 1. The molecule has 0 amide bonds. The lowest BCUT2D eigenvalue weighted by molar-refractivity contribution is -0.0721. The number of nitrogens with one attached hydrogen (secondary N) is 1. The zero-order chi connectivity index (χ0) is 20.3. The Morgan fingerprint density at radius 2 is 1.97 bits per heavy atom. The number of aryl methyl sites for hydroxylation is 1. The molecule has 0 aromatic heterocycles. The van der Waals surface area contributed by atoms with Gasteiger partial charge in [-0.3, -0.25) is 4.99 Å². The molecule has 7 heteroatoms. The number of guanidine groups is 1. The molecule has 0 saturated carbocycles. The van der Waals surface area contributed by atoms with Crippen molar-refractivity contribution in [2.45, 2.75) is 63.1 Å². The summed E-state index contributed by atoms with van der Waals surface area (Å²) in [5.41, 5.74) is 1.31. The number of benzene rings is 1. The number of nitrogens with zero attached hydrogens (tertiary/aromatic N) is 2. The highest BCUT2D eigenvalue weighted by molar-refractivity contribution is 14.0. The van der Waals surface area contributed by atoms with Gasteiger partial charge in [-0.25, -0.2) is 0 Å². The molecule has 1 atom stereocenters. The standard InChI is InChI=1S/C23H37N3O2S.HI/c1-3-24-23(25-13-17-29-22-9-7-19(2)8-10-22)26-14-11-20(12-15-26)28-18-21-6-4-5-16-27-21;/h7-10,20-21H,3-6,11-18H2,1-2H3,(H,24,25);1H. The molecule has 0 spiro atoms. The molecule has 0 bridgehead atoms. The maximum Gasteiger partial charge on any atom is 0.193 e. The van der Waals surface area contributed by atoms with Gasteiger partial charge in [0.05, 0.1) is 25.4 Å². The van der Waals surface area contributed by atoms with Crippen molar-refractivity contribution in [1.29, 1.82) is 0 Å². The number of hydrogen-bond acceptors (Lipinski definition) is 4. The average Bonchev–Trinajstić information content (AvgIpc) is 2.77. The Morgan fingerprint density at radius 1 is 1.20 bits per heavy atom. The van der Waals surface area contributed by atoms with Gasteiger partial charge < -0.3 is 19.7 Å². The van der Waals surface area contributed by atoms with Crippen LogP contribution in [0.4, 0.5) is 0 Å². The van der Waals surface area contributed by atoms with Crippen LogP contribution in [0.3, 0.4) is 0 Å². The van der Waals surface area contributed by atoms with E-state index < -0.39 is 0 Å². The summed E-state index contributed by atoms with van der Waals surface area (Å²) in [7, 11) is 0. The van der Waals surface area contributed by atoms with E-state index in [0.717, 1.165) is 70.4 Å². The fraction of sp³-hybridized carbons (Fsp3) is 0.696. The Labute approximate surface area is 203 Å². The van der Waals surface area contributed by atoms with Crippen molar-refractivity contribution in [3.63, 3.8) is 0 Å². The monoisotopic (exact) mass is 547 g/mol. The lowest BCUT2D eigenvalue weighted by Crippen LogP contribution is -2.47. The summed E-state index contributed by atoms with van der Waals surface area (Å²) in [6, 6.07) is 8.72. The molecule has 30 heavy (non-hydrogen) atoms. The van der Waals surface area contributed by atoms with Gasteiger partial charge in [0.1, 0.15) is 0 Å². The molecule has 2 saturated heterocycles. The van der Waals surface area contributed by atoms with Gasteiger partial charge >= 0.3 is 0 Å². The number of rotatable bonds is 8. The summed E-state index contributed by atoms with van der Waals surface area (Å²) >= 11 is 1.87. The van der Waals surface area contributed by atoms with Crippen LogP contribution in [0.1, 0.15) is 44.6 Å². The van der Waals surface area contributed by atoms with Crippen LogP contribution in [0, 0.1) is 6.92 Å². The quantitative estimate of drug-likeness (QED) is 0.168. The SMILES string of the molecule is CCNC(=NCCSc1ccc(C)cc1)N1CCC(OCC2CCCCO2)CC1.I. The number of ether oxygens (including phenoxy) is 2. The summed E-state index contributed by atoms with van der Waals surface area (Å²) in [5.74, 6) is 2.05. The lowest BCUT2D eigenvalue weighted by atomic mass is 10.1. The smallest absolute Gasteiger partial charge is 0.193 e. The van der Waals surface area contributed by atoms with E-state index in [4.69, 9.17) is 14.5 Å². The second kappa shape index (κ2) is 14.5. The molecule has 2 fully saturated rings. The molecule has 3 rings (SSSR count). The van der Waals surface area contributed by atoms with Crippen LogP contribution in [-0.4, -0.2) is 68.2 Å². The first-order chi connectivity index (χ1) is 14.2. The van der Waals surface area contributed by atoms with E-state index in [1.165, 1.54) is 23.3 Å². The lowest BCUT2D eigenvalue weighted by Gasteiger charge is -2.35. The van der Waals surface area contributed by atoms with Crippen molar-refractivity contribution in [3.05, 3.63) is 29.8 Å². The molecular formula is C23H38IN3O2S. The van der Waals surface area contributed by atoms with Crippen LogP contribution >= 0.6 is 35.7 Å². The molecule has 1 unspecified atom stereocenters. The van der Waals surface area contributed by atoms with Gasteiger partial charge in [-0.1, -0.05) is 17.7 Å². The number of halogens is 1. The Kier molecular flexibility index (Phi) is 12.5. The van der Waals surface area contributed by atoms with Gasteiger partial charge in [-0.05, 0) is 58.1 Å². The van der Waals surface area contributed by atoms with E-state index in [1.54, 1.807) is 0 Å². The first-order valence-electron chi connectivity index (χ1n) is 11.2. The minimum Gasteiger partial charge on any atom is -0.376 e. The first-order valence-corrected chi connectivity index (χ1v) is 12.2. The fourth-order valence-corrected chi connectivity index (χ4v) is 4.54. The second-order valence-electron chi connectivity index (χ2n) is 7.91. The summed E-state index contributed by atoms with van der Waals surface area (Å²) in [6.07, 6.45) is 6.42. The third-order valence-corrected chi connectivity index (χ3v) is 6.50. The third kappa shape index (κ3) is 8.93. The van der Waals surface area contributed by atoms with E-state index in [0.29, 0.717) is 12.2 Å². The highest BCUT2D eigenvalue weighted by Gasteiger charge is 2.23. The Morgan fingerprint density at radius 3 is 2.63 bits per heavy atom. The van der Waals surface area contributed by atoms with E-state index in [9.17, 15) is 0 Å². The van der Waals surface area contributed by atoms with Gasteiger partial charge in [0.15, 0.2) is 5.96 Å². The van der Waals surface area contributed by atoms with Crippen molar-refractivity contribution in [3.8, 4) is 0 Å². The van der Waals surface area contributed by atoms with Crippen molar-refractivity contribution in [2.75, 3.05) is 45.1 Å². The van der Waals surface area contributed by atoms with Gasteiger partial charge in [0, 0.05) is 36.9 Å². The zero-order valence-electron chi connectivity index (χ0n) is 18.5. The number of hydrogen-bond donors (Lipinski definition) is 1. The normalized spacial score (nSPS) is 20.7. The molecule has 1 N–H and O–H groups in total. The molecule has 1 aromatic carbocycles. The summed E-state index contributed by atoms with van der Waals surface area (Å²) in [6.45, 7) is 9.66. The summed E-state index contributed by atoms with van der Waals surface area (Å²) < 4.78 is 11.9. The van der Waals surface area contributed by atoms with Crippen LogP contribution in [0.2, 0.25) is 0 Å². The van der Waals surface area contributed by atoms with Gasteiger partial charge in [-0.2, -0.15) is 0 Å². The predicted octanol–water partition coefficient (Wildman–Crippen LogP) is 4.72. The maximum absolute atomic E-state index is 6.15. The number of piperidine rings is 1. The molecule has 2 aliphatic rings. The van der Waals surface area contributed by atoms with Crippen molar-refractivity contribution in [1.82, 2.24) is 10.2 Å². The van der Waals surface area contributed by atoms with Crippen molar-refractivity contribution < 1.29 is 9.47 Å². The van der Waals surface area contributed by atoms with E-state index >= 15 is 0 Å². The van der Waals surface area contributed by atoms with Crippen molar-refractivity contribution in [2.24, 2.45) is 4.99 Å². The highest BCUT2D eigenvalue weighted by Crippen LogP contribution is 2.19. The minimum atomic E-state index is 0. The van der Waals surface area contributed by atoms with Crippen LogP contribution in [0.15, 0.2) is 34.2 Å².